The molecule has 1 fully saturated rings. The van der Waals surface area contributed by atoms with Gasteiger partial charge in [-0.1, -0.05) is 21.6 Å². The number of nitrogens with one attached hydrogen (secondary N) is 1. The predicted octanol–water partition coefficient (Wildman–Crippen LogP) is 1.94. The summed E-state index contributed by atoms with van der Waals surface area (Å²) in [4.78, 5) is 10.2. The highest BCUT2D eigenvalue weighted by Crippen LogP contribution is 2.30. The van der Waals surface area contributed by atoms with Crippen molar-refractivity contribution in [3.63, 3.8) is 0 Å². The van der Waals surface area contributed by atoms with Crippen LogP contribution in [0, 0.1) is 0 Å². The lowest BCUT2D eigenvalue weighted by molar-refractivity contribution is -0.136. The van der Waals surface area contributed by atoms with Crippen LogP contribution in [0.1, 0.15) is 25.7 Å². The van der Waals surface area contributed by atoms with Gasteiger partial charge in [0.15, 0.2) is 0 Å². The molecule has 76 valence electrons. The van der Waals surface area contributed by atoms with Gasteiger partial charge in [0.2, 0.25) is 0 Å². The Morgan fingerprint density at radius 2 is 2.38 bits per heavy atom. The molecular formula is C8H15NO2S2. The molecule has 13 heavy (non-hydrogen) atoms. The number of hydrogen-bond donors (Lipinski definition) is 2. The normalized spacial score (nSPS) is 22.9. The van der Waals surface area contributed by atoms with Gasteiger partial charge in [-0.05, 0) is 25.8 Å². The van der Waals surface area contributed by atoms with E-state index in [4.69, 9.17) is 5.11 Å². The molecule has 0 saturated carbocycles. The summed E-state index contributed by atoms with van der Waals surface area (Å²) in [7, 11) is 3.44. The lowest BCUT2D eigenvalue weighted by Crippen LogP contribution is -2.30. The molecule has 0 aliphatic carbocycles. The van der Waals surface area contributed by atoms with Crippen LogP contribution in [0.2, 0.25) is 0 Å². The van der Waals surface area contributed by atoms with Gasteiger partial charge in [0, 0.05) is 5.75 Å². The first-order valence-electron chi connectivity index (χ1n) is 4.52. The maximum atomic E-state index is 10.2. The van der Waals surface area contributed by atoms with Crippen LogP contribution in [0.5, 0.6) is 0 Å². The van der Waals surface area contributed by atoms with E-state index in [-0.39, 0.29) is 6.42 Å². The third-order valence-electron chi connectivity index (χ3n) is 1.85. The van der Waals surface area contributed by atoms with Crippen molar-refractivity contribution in [2.75, 3.05) is 12.3 Å². The number of aliphatic carboxylic acids is 1. The molecule has 2 N–H and O–H groups in total. The molecule has 5 heteroatoms. The first-order valence-corrected chi connectivity index (χ1v) is 6.90. The first kappa shape index (κ1) is 11.2. The average molecular weight is 221 g/mol. The number of carboxylic acids is 1. The molecule has 0 amide bonds. The van der Waals surface area contributed by atoms with Gasteiger partial charge in [-0.25, -0.2) is 0 Å². The molecule has 1 atom stereocenters. The topological polar surface area (TPSA) is 49.3 Å². The van der Waals surface area contributed by atoms with Gasteiger partial charge < -0.3 is 10.4 Å². The van der Waals surface area contributed by atoms with E-state index in [0.717, 1.165) is 6.54 Å². The van der Waals surface area contributed by atoms with Gasteiger partial charge in [-0.15, -0.1) is 0 Å². The van der Waals surface area contributed by atoms with Gasteiger partial charge in [0.25, 0.3) is 0 Å². The zero-order valence-corrected chi connectivity index (χ0v) is 9.12. The standard InChI is InChI=1S/C8H15NO2S2/c10-8(11)4-6-12-13-7-3-1-2-5-9-7/h7,9H,1-6H2,(H,10,11). The minimum Gasteiger partial charge on any atom is -0.481 e. The van der Waals surface area contributed by atoms with E-state index in [1.165, 1.54) is 19.3 Å². The first-order chi connectivity index (χ1) is 6.29. The van der Waals surface area contributed by atoms with Crippen LogP contribution in [-0.4, -0.2) is 28.7 Å². The lowest BCUT2D eigenvalue weighted by Gasteiger charge is -2.21. The van der Waals surface area contributed by atoms with E-state index in [1.54, 1.807) is 21.6 Å². The summed E-state index contributed by atoms with van der Waals surface area (Å²) < 4.78 is 0. The van der Waals surface area contributed by atoms with E-state index in [0.29, 0.717) is 11.1 Å². The fraction of sp³-hybridized carbons (Fsp3) is 0.875. The van der Waals surface area contributed by atoms with E-state index in [1.807, 2.05) is 0 Å². The summed E-state index contributed by atoms with van der Waals surface area (Å²) in [5, 5.41) is 12.3. The molecule has 1 aliphatic rings. The van der Waals surface area contributed by atoms with Crippen LogP contribution in [0.15, 0.2) is 0 Å². The maximum absolute atomic E-state index is 10.2. The number of carbonyl (C=O) groups is 1. The van der Waals surface area contributed by atoms with Crippen molar-refractivity contribution < 1.29 is 9.90 Å². The molecular weight excluding hydrogens is 206 g/mol. The van der Waals surface area contributed by atoms with Crippen molar-refractivity contribution in [3.8, 4) is 0 Å². The maximum Gasteiger partial charge on any atom is 0.304 e. The summed E-state index contributed by atoms with van der Waals surface area (Å²) in [6, 6.07) is 0. The van der Waals surface area contributed by atoms with E-state index in [9.17, 15) is 4.79 Å². The summed E-state index contributed by atoms with van der Waals surface area (Å²) in [5.74, 6) is 0.00255. The number of carboxylic acid groups (broad SMARTS) is 1. The average Bonchev–Trinajstić information content (AvgIpc) is 2.14. The number of rotatable bonds is 5. The Balaban J connectivity index is 1.95. The minimum absolute atomic E-state index is 0.268. The largest absolute Gasteiger partial charge is 0.481 e. The Kier molecular flexibility index (Phi) is 5.66. The highest BCUT2D eigenvalue weighted by molar-refractivity contribution is 8.76. The van der Waals surface area contributed by atoms with E-state index < -0.39 is 5.97 Å². The van der Waals surface area contributed by atoms with Crippen LogP contribution in [0.3, 0.4) is 0 Å². The van der Waals surface area contributed by atoms with Crippen molar-refractivity contribution in [2.24, 2.45) is 0 Å². The monoisotopic (exact) mass is 221 g/mol. The number of hydrogen-bond acceptors (Lipinski definition) is 4. The van der Waals surface area contributed by atoms with Gasteiger partial charge >= 0.3 is 5.97 Å². The van der Waals surface area contributed by atoms with E-state index >= 15 is 0 Å². The van der Waals surface area contributed by atoms with Crippen molar-refractivity contribution in [2.45, 2.75) is 31.1 Å². The van der Waals surface area contributed by atoms with E-state index in [2.05, 4.69) is 5.32 Å². The molecule has 1 saturated heterocycles. The molecule has 0 aromatic heterocycles. The Morgan fingerprint density at radius 3 is 3.00 bits per heavy atom. The van der Waals surface area contributed by atoms with Gasteiger partial charge in [-0.2, -0.15) is 0 Å². The zero-order valence-electron chi connectivity index (χ0n) is 7.49. The molecule has 3 nitrogen and oxygen atoms in total. The summed E-state index contributed by atoms with van der Waals surface area (Å²) in [6.07, 6.45) is 4.05. The molecule has 0 aromatic rings. The van der Waals surface area contributed by atoms with Gasteiger partial charge in [-0.3, -0.25) is 4.79 Å². The van der Waals surface area contributed by atoms with Crippen LogP contribution < -0.4 is 5.32 Å². The Bertz CT molecular complexity index is 160. The molecule has 0 bridgehead atoms. The molecule has 1 aliphatic heterocycles. The Morgan fingerprint density at radius 1 is 1.54 bits per heavy atom. The van der Waals surface area contributed by atoms with Gasteiger partial charge in [0.1, 0.15) is 0 Å². The van der Waals surface area contributed by atoms with Crippen molar-refractivity contribution in [1.82, 2.24) is 5.32 Å². The van der Waals surface area contributed by atoms with Crippen LogP contribution in [0.25, 0.3) is 0 Å². The molecule has 1 rings (SSSR count). The van der Waals surface area contributed by atoms with Gasteiger partial charge in [0.05, 0.1) is 11.8 Å². The molecule has 1 unspecified atom stereocenters. The SMILES string of the molecule is O=C(O)CCSSC1CCCCN1. The molecule has 1 heterocycles. The highest BCUT2D eigenvalue weighted by atomic mass is 33.1. The molecule has 0 spiro atoms. The van der Waals surface area contributed by atoms with Crippen molar-refractivity contribution in [1.29, 1.82) is 0 Å². The Hall–Kier alpha value is 0.130. The fourth-order valence-corrected chi connectivity index (χ4v) is 3.65. The third kappa shape index (κ3) is 5.44. The van der Waals surface area contributed by atoms with Crippen molar-refractivity contribution in [3.05, 3.63) is 0 Å². The summed E-state index contributed by atoms with van der Waals surface area (Å²) in [5.41, 5.74) is 0. The third-order valence-corrected chi connectivity index (χ3v) is 4.60. The van der Waals surface area contributed by atoms with Crippen molar-refractivity contribution >= 4 is 27.6 Å². The second kappa shape index (κ2) is 6.56. The van der Waals surface area contributed by atoms with Crippen LogP contribution in [0.4, 0.5) is 0 Å². The molecule has 0 aromatic carbocycles. The zero-order chi connectivity index (χ0) is 9.52. The van der Waals surface area contributed by atoms with Crippen LogP contribution in [-0.2, 0) is 4.79 Å². The lowest BCUT2D eigenvalue weighted by atomic mass is 10.2. The minimum atomic E-state index is -0.704. The Labute approximate surface area is 86.4 Å². The quantitative estimate of drug-likeness (QED) is 0.549. The summed E-state index contributed by atoms with van der Waals surface area (Å²) >= 11 is 0. The smallest absolute Gasteiger partial charge is 0.304 e. The summed E-state index contributed by atoms with van der Waals surface area (Å²) in [6.45, 7) is 1.11. The molecule has 0 radical (unpaired) electrons. The predicted molar refractivity (Wildman–Crippen MR) is 57.9 cm³/mol. The fourth-order valence-electron chi connectivity index (χ4n) is 1.16. The highest BCUT2D eigenvalue weighted by Gasteiger charge is 2.12. The second-order valence-electron chi connectivity index (χ2n) is 3.00. The second-order valence-corrected chi connectivity index (χ2v) is 5.69. The van der Waals surface area contributed by atoms with Crippen LogP contribution >= 0.6 is 21.6 Å². The number of piperidine rings is 1.